The number of hydrogen-bond donors (Lipinski definition) is 0. The third-order valence-electron chi connectivity index (χ3n) is 3.84. The second-order valence-corrected chi connectivity index (χ2v) is 6.52. The fourth-order valence-electron chi connectivity index (χ4n) is 3.24. The predicted octanol–water partition coefficient (Wildman–Crippen LogP) is 3.19. The number of carbonyl (C=O) groups is 1. The molecule has 1 amide bonds. The van der Waals surface area contributed by atoms with Crippen molar-refractivity contribution in [3.8, 4) is 12.3 Å². The van der Waals surface area contributed by atoms with Crippen LogP contribution in [0.25, 0.3) is 0 Å². The molecule has 0 aromatic carbocycles. The Morgan fingerprint density at radius 1 is 1.33 bits per heavy atom. The minimum atomic E-state index is -0.411. The van der Waals surface area contributed by atoms with Crippen molar-refractivity contribution in [3.63, 3.8) is 0 Å². The first-order chi connectivity index (χ1) is 8.40. The van der Waals surface area contributed by atoms with E-state index >= 15 is 0 Å². The van der Waals surface area contributed by atoms with Crippen LogP contribution in [-0.4, -0.2) is 28.7 Å². The first-order valence-corrected chi connectivity index (χ1v) is 6.85. The second kappa shape index (κ2) is 4.84. The minimum absolute atomic E-state index is 0.144. The van der Waals surface area contributed by atoms with Gasteiger partial charge in [0, 0.05) is 18.5 Å². The average Bonchev–Trinajstić information content (AvgIpc) is 2.49. The number of piperidine rings is 1. The molecule has 2 atom stereocenters. The van der Waals surface area contributed by atoms with Gasteiger partial charge in [0.15, 0.2) is 0 Å². The average molecular weight is 249 g/mol. The molecule has 3 heteroatoms. The lowest BCUT2D eigenvalue weighted by Gasteiger charge is -2.39. The van der Waals surface area contributed by atoms with Crippen LogP contribution in [0.15, 0.2) is 0 Å². The van der Waals surface area contributed by atoms with Gasteiger partial charge in [-0.05, 0) is 52.4 Å². The van der Waals surface area contributed by atoms with Crippen molar-refractivity contribution in [2.24, 2.45) is 5.92 Å². The Morgan fingerprint density at radius 2 is 1.89 bits per heavy atom. The van der Waals surface area contributed by atoms with Gasteiger partial charge in [-0.15, -0.1) is 12.3 Å². The van der Waals surface area contributed by atoms with E-state index in [0.29, 0.717) is 18.0 Å². The third kappa shape index (κ3) is 2.80. The van der Waals surface area contributed by atoms with Gasteiger partial charge in [0.05, 0.1) is 0 Å². The van der Waals surface area contributed by atoms with Crippen molar-refractivity contribution in [3.05, 3.63) is 0 Å². The summed E-state index contributed by atoms with van der Waals surface area (Å²) in [5, 5.41) is 0. The van der Waals surface area contributed by atoms with Gasteiger partial charge in [-0.3, -0.25) is 0 Å². The monoisotopic (exact) mass is 249 g/mol. The molecule has 2 aliphatic heterocycles. The van der Waals surface area contributed by atoms with Crippen LogP contribution in [0.5, 0.6) is 0 Å². The Morgan fingerprint density at radius 3 is 2.33 bits per heavy atom. The molecule has 2 unspecified atom stereocenters. The fraction of sp³-hybridized carbons (Fsp3) is 0.800. The molecule has 100 valence electrons. The summed E-state index contributed by atoms with van der Waals surface area (Å²) < 4.78 is 5.50. The Hall–Kier alpha value is -1.17. The van der Waals surface area contributed by atoms with Gasteiger partial charge in [0.25, 0.3) is 0 Å². The Labute approximate surface area is 110 Å². The molecule has 2 fully saturated rings. The number of ether oxygens (including phenoxy) is 1. The number of fused-ring (bicyclic) bond motifs is 2. The zero-order chi connectivity index (χ0) is 13.3. The molecule has 0 saturated carbocycles. The summed E-state index contributed by atoms with van der Waals surface area (Å²) in [6.07, 6.45) is 10.4. The molecular weight excluding hydrogens is 226 g/mol. The second-order valence-electron chi connectivity index (χ2n) is 6.52. The van der Waals surface area contributed by atoms with Gasteiger partial charge in [-0.2, -0.15) is 0 Å². The molecule has 2 heterocycles. The van der Waals surface area contributed by atoms with E-state index in [2.05, 4.69) is 5.92 Å². The van der Waals surface area contributed by atoms with E-state index in [1.807, 2.05) is 25.7 Å². The van der Waals surface area contributed by atoms with Crippen LogP contribution in [-0.2, 0) is 4.74 Å². The molecule has 0 N–H and O–H groups in total. The Bertz CT molecular complexity index is 350. The van der Waals surface area contributed by atoms with Crippen molar-refractivity contribution < 1.29 is 9.53 Å². The van der Waals surface area contributed by atoms with E-state index < -0.39 is 5.60 Å². The van der Waals surface area contributed by atoms with Crippen LogP contribution in [0, 0.1) is 18.3 Å². The van der Waals surface area contributed by atoms with Crippen LogP contribution < -0.4 is 0 Å². The van der Waals surface area contributed by atoms with Crippen LogP contribution in [0.4, 0.5) is 4.79 Å². The molecule has 2 aliphatic rings. The Balaban J connectivity index is 2.01. The van der Waals surface area contributed by atoms with E-state index in [1.54, 1.807) is 0 Å². The number of nitrogens with zero attached hydrogens (tertiary/aromatic N) is 1. The molecule has 0 spiro atoms. The summed E-state index contributed by atoms with van der Waals surface area (Å²) in [6, 6.07) is 0.689. The van der Waals surface area contributed by atoms with E-state index in [1.165, 1.54) is 0 Å². The molecule has 0 aliphatic carbocycles. The first kappa shape index (κ1) is 13.3. The highest BCUT2D eigenvalue weighted by atomic mass is 16.6. The lowest BCUT2D eigenvalue weighted by atomic mass is 9.89. The molecule has 0 aromatic rings. The molecule has 18 heavy (non-hydrogen) atoms. The highest BCUT2D eigenvalue weighted by Gasteiger charge is 2.44. The fourth-order valence-corrected chi connectivity index (χ4v) is 3.24. The van der Waals surface area contributed by atoms with Gasteiger partial charge in [0.1, 0.15) is 5.60 Å². The van der Waals surface area contributed by atoms with Crippen LogP contribution in [0.2, 0.25) is 0 Å². The standard InChI is InChI=1S/C15H23NO2/c1-5-6-11-9-12-7-8-13(10-11)16(12)14(17)18-15(2,3)4/h1,11-13H,6-10H2,2-4H3. The first-order valence-electron chi connectivity index (χ1n) is 6.85. The SMILES string of the molecule is C#CCC1CC2CCC(C1)N2C(=O)OC(C)(C)C. The lowest BCUT2D eigenvalue weighted by Crippen LogP contribution is -2.48. The van der Waals surface area contributed by atoms with E-state index in [-0.39, 0.29) is 6.09 Å². The van der Waals surface area contributed by atoms with E-state index in [9.17, 15) is 4.79 Å². The molecule has 2 saturated heterocycles. The maximum atomic E-state index is 12.2. The summed E-state index contributed by atoms with van der Waals surface area (Å²) in [7, 11) is 0. The molecule has 0 aromatic heterocycles. The predicted molar refractivity (Wildman–Crippen MR) is 71.1 cm³/mol. The summed E-state index contributed by atoms with van der Waals surface area (Å²) in [4.78, 5) is 14.2. The molecule has 3 nitrogen and oxygen atoms in total. The summed E-state index contributed by atoms with van der Waals surface area (Å²) in [5.74, 6) is 3.34. The van der Waals surface area contributed by atoms with Crippen molar-refractivity contribution in [2.45, 2.75) is 70.6 Å². The summed E-state index contributed by atoms with van der Waals surface area (Å²) in [6.45, 7) is 5.74. The molecule has 0 radical (unpaired) electrons. The molecular formula is C15H23NO2. The Kier molecular flexibility index (Phi) is 3.56. The third-order valence-corrected chi connectivity index (χ3v) is 3.84. The van der Waals surface area contributed by atoms with Crippen LogP contribution in [0.3, 0.4) is 0 Å². The largest absolute Gasteiger partial charge is 0.444 e. The molecule has 2 bridgehead atoms. The highest BCUT2D eigenvalue weighted by Crippen LogP contribution is 2.40. The maximum Gasteiger partial charge on any atom is 0.410 e. The van der Waals surface area contributed by atoms with Gasteiger partial charge in [-0.1, -0.05) is 0 Å². The van der Waals surface area contributed by atoms with Crippen molar-refractivity contribution in [1.82, 2.24) is 4.90 Å². The van der Waals surface area contributed by atoms with Crippen molar-refractivity contribution >= 4 is 6.09 Å². The van der Waals surface area contributed by atoms with Crippen LogP contribution in [0.1, 0.15) is 52.9 Å². The summed E-state index contributed by atoms with van der Waals surface area (Å²) in [5.41, 5.74) is -0.411. The zero-order valence-corrected chi connectivity index (χ0v) is 11.6. The van der Waals surface area contributed by atoms with E-state index in [0.717, 1.165) is 32.1 Å². The van der Waals surface area contributed by atoms with Gasteiger partial charge < -0.3 is 9.64 Å². The molecule has 2 rings (SSSR count). The normalized spacial score (nSPS) is 31.0. The van der Waals surface area contributed by atoms with Gasteiger partial charge >= 0.3 is 6.09 Å². The summed E-state index contributed by atoms with van der Waals surface area (Å²) >= 11 is 0. The smallest absolute Gasteiger partial charge is 0.410 e. The number of rotatable bonds is 1. The zero-order valence-electron chi connectivity index (χ0n) is 11.6. The van der Waals surface area contributed by atoms with E-state index in [4.69, 9.17) is 11.2 Å². The number of carbonyl (C=O) groups excluding carboxylic acids is 1. The van der Waals surface area contributed by atoms with Crippen molar-refractivity contribution in [1.29, 1.82) is 0 Å². The number of amides is 1. The number of terminal acetylenes is 1. The minimum Gasteiger partial charge on any atom is -0.444 e. The lowest BCUT2D eigenvalue weighted by molar-refractivity contribution is 0.00242. The topological polar surface area (TPSA) is 29.5 Å². The van der Waals surface area contributed by atoms with Crippen molar-refractivity contribution in [2.75, 3.05) is 0 Å². The van der Waals surface area contributed by atoms with Crippen LogP contribution >= 0.6 is 0 Å². The number of hydrogen-bond acceptors (Lipinski definition) is 2. The van der Waals surface area contributed by atoms with Gasteiger partial charge in [0.2, 0.25) is 0 Å². The van der Waals surface area contributed by atoms with Gasteiger partial charge in [-0.25, -0.2) is 4.79 Å². The maximum absolute atomic E-state index is 12.2. The highest BCUT2D eigenvalue weighted by molar-refractivity contribution is 5.69. The quantitative estimate of drug-likeness (QED) is 0.668.